The summed E-state index contributed by atoms with van der Waals surface area (Å²) in [6.45, 7) is 24.8. The fourth-order valence-corrected chi connectivity index (χ4v) is 6.35. The summed E-state index contributed by atoms with van der Waals surface area (Å²) in [5.74, 6) is -0.226. The fraction of sp³-hybridized carbons (Fsp3) is 0.881. The number of nitrogens with one attached hydrogen (secondary N) is 1. The standard InChI is InChI=1S/C59H111NO26/c1-62-11-12-64-15-16-66-19-20-68-23-24-70-27-28-72-31-32-74-35-36-76-39-40-78-43-44-80-47-48-82-51-52-84-55-56-85-54-53-83-50-49-81-46-45-79-42-41-77-38-37-75-34-33-73-30-29-71-26-25-69-22-21-67-18-17-65-14-13-63-10-9-60-8-7-59(61)86-57-58-5-3-2-4-6-58/h2-6,60H,7-57H2,1H3. The molecule has 0 aromatic heterocycles. The van der Waals surface area contributed by atoms with E-state index >= 15 is 0 Å². The average Bonchev–Trinajstić information content (AvgIpc) is 3.53. The molecule has 0 aliphatic heterocycles. The summed E-state index contributed by atoms with van der Waals surface area (Å²) in [5, 5.41) is 3.17. The minimum Gasteiger partial charge on any atom is -0.461 e. The normalized spacial score (nSPS) is 11.6. The van der Waals surface area contributed by atoms with Gasteiger partial charge in [0.15, 0.2) is 0 Å². The molecule has 0 bridgehead atoms. The van der Waals surface area contributed by atoms with Gasteiger partial charge in [-0.1, -0.05) is 30.3 Å². The van der Waals surface area contributed by atoms with Crippen LogP contribution in [0.5, 0.6) is 0 Å². The van der Waals surface area contributed by atoms with E-state index in [-0.39, 0.29) is 5.97 Å². The van der Waals surface area contributed by atoms with E-state index in [0.717, 1.165) is 5.56 Å². The van der Waals surface area contributed by atoms with Gasteiger partial charge in [0.1, 0.15) is 6.61 Å². The summed E-state index contributed by atoms with van der Waals surface area (Å²) >= 11 is 0. The third-order valence-electron chi connectivity index (χ3n) is 10.8. The molecule has 1 rings (SSSR count). The summed E-state index contributed by atoms with van der Waals surface area (Å²) < 4.78 is 137. The molecular formula is C59H111NO26. The molecule has 0 spiro atoms. The molecule has 86 heavy (non-hydrogen) atoms. The number of esters is 1. The lowest BCUT2D eigenvalue weighted by atomic mass is 10.2. The van der Waals surface area contributed by atoms with Gasteiger partial charge >= 0.3 is 5.97 Å². The summed E-state index contributed by atoms with van der Waals surface area (Å²) in [5.41, 5.74) is 0.975. The first-order chi connectivity index (χ1) is 42.8. The lowest BCUT2D eigenvalue weighted by Crippen LogP contribution is -2.24. The van der Waals surface area contributed by atoms with E-state index in [0.29, 0.717) is 337 Å². The van der Waals surface area contributed by atoms with Gasteiger partial charge in [0, 0.05) is 20.2 Å². The zero-order chi connectivity index (χ0) is 61.1. The van der Waals surface area contributed by atoms with E-state index in [1.165, 1.54) is 0 Å². The number of benzene rings is 1. The van der Waals surface area contributed by atoms with Crippen LogP contribution in [0.3, 0.4) is 0 Å². The second-order valence-electron chi connectivity index (χ2n) is 17.7. The number of methoxy groups -OCH3 is 1. The molecule has 1 N–H and O–H groups in total. The van der Waals surface area contributed by atoms with Crippen LogP contribution in [0.25, 0.3) is 0 Å². The van der Waals surface area contributed by atoms with Crippen LogP contribution in [0.4, 0.5) is 0 Å². The van der Waals surface area contributed by atoms with E-state index < -0.39 is 0 Å². The van der Waals surface area contributed by atoms with Crippen molar-refractivity contribution in [1.29, 1.82) is 0 Å². The SMILES string of the molecule is COCCOCCOCCOCCOCCOCCOCCOCCOCCOCCOCCOCCOCCOCCOCCOCCOCCOCCOCCOCCOCCOCCOCCOCCNCCC(=O)OCc1ccccc1. The van der Waals surface area contributed by atoms with Gasteiger partial charge in [-0.05, 0) is 5.56 Å². The Kier molecular flexibility index (Phi) is 71.4. The first-order valence-electron chi connectivity index (χ1n) is 30.5. The molecule has 1 aromatic rings. The van der Waals surface area contributed by atoms with Gasteiger partial charge in [-0.3, -0.25) is 4.79 Å². The highest BCUT2D eigenvalue weighted by Crippen LogP contribution is 2.01. The minimum atomic E-state index is -0.226. The topological polar surface area (TPSA) is 260 Å². The van der Waals surface area contributed by atoms with Crippen molar-refractivity contribution >= 4 is 5.97 Å². The summed E-state index contributed by atoms with van der Waals surface area (Å²) in [6.07, 6.45) is 0.317. The largest absolute Gasteiger partial charge is 0.461 e. The Labute approximate surface area is 512 Å². The van der Waals surface area contributed by atoms with Crippen LogP contribution in [0.2, 0.25) is 0 Å². The van der Waals surface area contributed by atoms with E-state index in [9.17, 15) is 4.79 Å². The Bertz CT molecular complexity index is 1410. The Hall–Kier alpha value is -2.31. The molecule has 0 fully saturated rings. The quantitative estimate of drug-likeness (QED) is 0.0720. The summed E-state index contributed by atoms with van der Waals surface area (Å²) in [7, 11) is 1.64. The molecule has 0 saturated carbocycles. The Morgan fingerprint density at radius 1 is 0.256 bits per heavy atom. The molecule has 27 heteroatoms. The second-order valence-corrected chi connectivity index (χ2v) is 17.7. The van der Waals surface area contributed by atoms with E-state index in [1.807, 2.05) is 30.3 Å². The summed E-state index contributed by atoms with van der Waals surface area (Å²) in [4.78, 5) is 11.8. The van der Waals surface area contributed by atoms with Crippen molar-refractivity contribution in [2.24, 2.45) is 0 Å². The van der Waals surface area contributed by atoms with Gasteiger partial charge in [-0.25, -0.2) is 0 Å². The number of ether oxygens (including phenoxy) is 25. The molecule has 0 radical (unpaired) electrons. The number of rotatable bonds is 77. The first kappa shape index (κ1) is 81.7. The van der Waals surface area contributed by atoms with E-state index in [1.54, 1.807) is 7.11 Å². The van der Waals surface area contributed by atoms with Crippen molar-refractivity contribution < 1.29 is 123 Å². The van der Waals surface area contributed by atoms with Gasteiger partial charge in [0.05, 0.1) is 317 Å². The van der Waals surface area contributed by atoms with Crippen molar-refractivity contribution in [3.05, 3.63) is 35.9 Å². The molecule has 0 atom stereocenters. The smallest absolute Gasteiger partial charge is 0.307 e. The summed E-state index contributed by atoms with van der Waals surface area (Å²) in [6, 6.07) is 9.62. The maximum Gasteiger partial charge on any atom is 0.307 e. The first-order valence-corrected chi connectivity index (χ1v) is 30.5. The Morgan fingerprint density at radius 3 is 0.640 bits per heavy atom. The molecule has 27 nitrogen and oxygen atoms in total. The Balaban J connectivity index is 1.59. The molecule has 0 unspecified atom stereocenters. The monoisotopic (exact) mass is 1250 g/mol. The predicted molar refractivity (Wildman–Crippen MR) is 314 cm³/mol. The van der Waals surface area contributed by atoms with Crippen molar-refractivity contribution in [3.8, 4) is 0 Å². The predicted octanol–water partition coefficient (Wildman–Crippen LogP) is 1.74. The van der Waals surface area contributed by atoms with Crippen LogP contribution in [-0.4, -0.2) is 337 Å². The third-order valence-corrected chi connectivity index (χ3v) is 10.8. The highest BCUT2D eigenvalue weighted by Gasteiger charge is 2.04. The van der Waals surface area contributed by atoms with Gasteiger partial charge < -0.3 is 124 Å². The highest BCUT2D eigenvalue weighted by molar-refractivity contribution is 5.69. The Morgan fingerprint density at radius 2 is 0.442 bits per heavy atom. The van der Waals surface area contributed by atoms with Crippen LogP contribution in [-0.2, 0) is 130 Å². The van der Waals surface area contributed by atoms with E-state index in [2.05, 4.69) is 5.32 Å². The van der Waals surface area contributed by atoms with Crippen LogP contribution in [0, 0.1) is 0 Å². The molecule has 0 aliphatic rings. The van der Waals surface area contributed by atoms with Crippen LogP contribution in [0.1, 0.15) is 12.0 Å². The zero-order valence-corrected chi connectivity index (χ0v) is 52.1. The average molecular weight is 1250 g/mol. The number of carbonyl (C=O) groups is 1. The fourth-order valence-electron chi connectivity index (χ4n) is 6.35. The van der Waals surface area contributed by atoms with Crippen LogP contribution >= 0.6 is 0 Å². The van der Waals surface area contributed by atoms with Crippen LogP contribution in [0.15, 0.2) is 30.3 Å². The van der Waals surface area contributed by atoms with Gasteiger partial charge in [-0.2, -0.15) is 0 Å². The maximum absolute atomic E-state index is 11.8. The van der Waals surface area contributed by atoms with Crippen molar-refractivity contribution in [3.63, 3.8) is 0 Å². The number of carbonyl (C=O) groups excluding carboxylic acids is 1. The van der Waals surface area contributed by atoms with Crippen molar-refractivity contribution in [2.45, 2.75) is 13.0 Å². The second kappa shape index (κ2) is 75.2. The number of hydrogen-bond donors (Lipinski definition) is 1. The van der Waals surface area contributed by atoms with E-state index in [4.69, 9.17) is 118 Å². The molecule has 0 amide bonds. The van der Waals surface area contributed by atoms with Gasteiger partial charge in [0.2, 0.25) is 0 Å². The lowest BCUT2D eigenvalue weighted by molar-refractivity contribution is -0.144. The molecule has 1 aromatic carbocycles. The molecule has 0 aliphatic carbocycles. The highest BCUT2D eigenvalue weighted by atomic mass is 16.6. The van der Waals surface area contributed by atoms with Crippen molar-refractivity contribution in [1.82, 2.24) is 5.32 Å². The zero-order valence-electron chi connectivity index (χ0n) is 52.1. The molecule has 0 heterocycles. The van der Waals surface area contributed by atoms with Gasteiger partial charge in [-0.15, -0.1) is 0 Å². The maximum atomic E-state index is 11.8. The van der Waals surface area contributed by atoms with Gasteiger partial charge in [0.25, 0.3) is 0 Å². The minimum absolute atomic E-state index is 0.226. The molecule has 0 saturated heterocycles. The molecular weight excluding hydrogens is 1140 g/mol. The number of hydrogen-bond acceptors (Lipinski definition) is 27. The van der Waals surface area contributed by atoms with Crippen molar-refractivity contribution in [2.75, 3.05) is 331 Å². The van der Waals surface area contributed by atoms with Crippen LogP contribution < -0.4 is 5.32 Å². The molecule has 508 valence electrons. The lowest BCUT2D eigenvalue weighted by Gasteiger charge is -2.09. The third kappa shape index (κ3) is 70.8.